The van der Waals surface area contributed by atoms with Crippen molar-refractivity contribution in [3.05, 3.63) is 138 Å². The highest BCUT2D eigenvalue weighted by Gasteiger charge is 2.51. The van der Waals surface area contributed by atoms with Gasteiger partial charge in [0.1, 0.15) is 28.4 Å². The number of aliphatic carboxylic acids is 1. The molecule has 0 radical (unpaired) electrons. The van der Waals surface area contributed by atoms with Crippen molar-refractivity contribution in [1.82, 2.24) is 20.4 Å². The number of rotatable bonds is 16. The molecule has 2 fully saturated rings. The van der Waals surface area contributed by atoms with Crippen molar-refractivity contribution in [2.45, 2.75) is 116 Å². The number of nitrogens with one attached hydrogen (secondary N) is 2. The second kappa shape index (κ2) is 21.7. The Bertz CT molecular complexity index is 2790. The molecule has 4 aromatic carbocycles. The van der Waals surface area contributed by atoms with E-state index < -0.39 is 22.9 Å². The van der Waals surface area contributed by atoms with Gasteiger partial charge in [-0.25, -0.2) is 0 Å². The van der Waals surface area contributed by atoms with Gasteiger partial charge in [-0.15, -0.1) is 0 Å². The number of aliphatic imine (C=N–C) groups is 2. The SMILES string of the molecule is CC(C)(C)OC(=O)CCNC(=O)c1ccc([C@@H](C2CC2)N2C(=O)C(c3cc(Cl)cc(Cl)c3)=NC2(C)C)cc1.CC1(C)N=C(c2cc(Cl)cc(Cl)c2)C(=O)N1[C@@H](c1ccc(C(=O)NCCC(=O)O)cc1)C1CC1. The van der Waals surface area contributed by atoms with E-state index in [1.807, 2.05) is 61.8 Å². The van der Waals surface area contributed by atoms with Gasteiger partial charge in [-0.1, -0.05) is 70.7 Å². The minimum absolute atomic E-state index is 0.0602. The molecule has 0 aromatic heterocycles. The number of nitrogens with zero attached hydrogens (tertiary/aromatic N) is 4. The number of carboxylic acid groups (broad SMARTS) is 1. The van der Waals surface area contributed by atoms with E-state index in [2.05, 4.69) is 10.6 Å². The molecule has 0 unspecified atom stereocenters. The Hall–Kier alpha value is -5.80. The molecule has 3 N–H and O–H groups in total. The number of amides is 4. The van der Waals surface area contributed by atoms with E-state index in [1.54, 1.807) is 81.4 Å². The van der Waals surface area contributed by atoms with Gasteiger partial charge in [0.15, 0.2) is 0 Å². The quantitative estimate of drug-likeness (QED) is 0.0925. The third kappa shape index (κ3) is 13.2. The number of carboxylic acids is 1. The highest BCUT2D eigenvalue weighted by atomic mass is 35.5. The summed E-state index contributed by atoms with van der Waals surface area (Å²) >= 11 is 24.7. The summed E-state index contributed by atoms with van der Waals surface area (Å²) in [6.45, 7) is 13.3. The summed E-state index contributed by atoms with van der Waals surface area (Å²) < 4.78 is 5.27. The van der Waals surface area contributed by atoms with Gasteiger partial charge >= 0.3 is 11.9 Å². The maximum absolute atomic E-state index is 13.7. The maximum atomic E-state index is 13.7. The van der Waals surface area contributed by atoms with Crippen molar-refractivity contribution >= 4 is 93.4 Å². The van der Waals surface area contributed by atoms with Crippen molar-refractivity contribution < 1.29 is 38.6 Å². The van der Waals surface area contributed by atoms with Gasteiger partial charge in [0.2, 0.25) is 0 Å². The van der Waals surface area contributed by atoms with Crippen LogP contribution in [0.25, 0.3) is 0 Å². The Balaban J connectivity index is 0.000000213. The minimum atomic E-state index is -0.970. The largest absolute Gasteiger partial charge is 0.481 e. The molecule has 14 nitrogen and oxygen atoms in total. The Morgan fingerprint density at radius 1 is 0.625 bits per heavy atom. The molecule has 72 heavy (non-hydrogen) atoms. The first-order chi connectivity index (χ1) is 33.8. The molecule has 4 amide bonds. The first-order valence-corrected chi connectivity index (χ1v) is 25.3. The summed E-state index contributed by atoms with van der Waals surface area (Å²) in [5.41, 5.74) is 2.51. The van der Waals surface area contributed by atoms with Crippen LogP contribution in [-0.4, -0.2) is 91.9 Å². The Morgan fingerprint density at radius 3 is 1.29 bits per heavy atom. The molecule has 4 aliphatic rings. The molecule has 2 aliphatic carbocycles. The summed E-state index contributed by atoms with van der Waals surface area (Å²) in [6, 6.07) is 24.0. The molecule has 8 rings (SSSR count). The van der Waals surface area contributed by atoms with E-state index in [0.29, 0.717) is 65.6 Å². The van der Waals surface area contributed by atoms with Crippen LogP contribution in [0.5, 0.6) is 0 Å². The smallest absolute Gasteiger partial charge is 0.308 e. The van der Waals surface area contributed by atoms with E-state index in [0.717, 1.165) is 36.8 Å². The van der Waals surface area contributed by atoms with Crippen LogP contribution in [0.3, 0.4) is 0 Å². The second-order valence-corrected chi connectivity index (χ2v) is 22.1. The predicted octanol–water partition coefficient (Wildman–Crippen LogP) is 10.7. The first-order valence-electron chi connectivity index (χ1n) is 23.8. The van der Waals surface area contributed by atoms with Gasteiger partial charge in [0, 0.05) is 55.4 Å². The first kappa shape index (κ1) is 54.0. The van der Waals surface area contributed by atoms with Crippen LogP contribution < -0.4 is 10.6 Å². The minimum Gasteiger partial charge on any atom is -0.481 e. The topological polar surface area (TPSA) is 187 Å². The Labute approximate surface area is 439 Å². The summed E-state index contributed by atoms with van der Waals surface area (Å²) in [5, 5.41) is 15.8. The number of esters is 1. The molecular formula is C54H58Cl4N6O8. The molecule has 0 bridgehead atoms. The summed E-state index contributed by atoms with van der Waals surface area (Å²) in [7, 11) is 0. The predicted molar refractivity (Wildman–Crippen MR) is 279 cm³/mol. The molecule has 2 atom stereocenters. The number of carbonyl (C=O) groups is 6. The Morgan fingerprint density at radius 2 is 0.972 bits per heavy atom. The fraction of sp³-hybridized carbons (Fsp3) is 0.407. The molecule has 18 heteroatoms. The lowest BCUT2D eigenvalue weighted by molar-refractivity contribution is -0.154. The zero-order chi connectivity index (χ0) is 52.4. The standard InChI is InChI=1S/C29H33Cl2N3O4.C25H25Cl2N3O4/c1-28(2,3)38-23(35)12-13-32-26(36)19-10-8-18(9-11-19)25(17-6-7-17)34-27(37)24(33-29(34,4)5)20-14-21(30)16-22(31)15-20;1-25(2)29-21(17-11-18(26)13-19(27)12-17)24(34)30(25)22(14-3-4-14)15-5-7-16(8-6-15)23(33)28-10-9-20(31)32/h8-11,14-17,25H,6-7,12-13H2,1-5H3,(H,32,36);5-8,11-14,22H,3-4,9-10H2,1-2H3,(H,28,33)(H,31,32)/t25-;22-/m11/s1. The summed E-state index contributed by atoms with van der Waals surface area (Å²) in [6.07, 6.45) is 3.98. The van der Waals surface area contributed by atoms with Gasteiger partial charge in [-0.2, -0.15) is 0 Å². The van der Waals surface area contributed by atoms with Crippen molar-refractivity contribution in [1.29, 1.82) is 0 Å². The Kier molecular flexibility index (Phi) is 16.3. The summed E-state index contributed by atoms with van der Waals surface area (Å²) in [5.74, 6) is -1.69. The zero-order valence-electron chi connectivity index (χ0n) is 41.2. The third-order valence-corrected chi connectivity index (χ3v) is 13.3. The van der Waals surface area contributed by atoms with Gasteiger partial charge in [0.25, 0.3) is 23.6 Å². The van der Waals surface area contributed by atoms with Crippen molar-refractivity contribution in [2.75, 3.05) is 13.1 Å². The van der Waals surface area contributed by atoms with Crippen LogP contribution in [0.2, 0.25) is 20.1 Å². The fourth-order valence-corrected chi connectivity index (χ4v) is 10.1. The normalized spacial score (nSPS) is 17.8. The van der Waals surface area contributed by atoms with Gasteiger partial charge < -0.3 is 30.3 Å². The molecule has 0 saturated heterocycles. The lowest BCUT2D eigenvalue weighted by Crippen LogP contribution is -2.46. The van der Waals surface area contributed by atoms with E-state index in [9.17, 15) is 28.8 Å². The molecule has 2 aliphatic heterocycles. The van der Waals surface area contributed by atoms with Gasteiger partial charge in [-0.05, 0) is 158 Å². The maximum Gasteiger partial charge on any atom is 0.308 e. The van der Waals surface area contributed by atoms with Gasteiger partial charge in [-0.3, -0.25) is 38.8 Å². The van der Waals surface area contributed by atoms with Crippen LogP contribution in [0.1, 0.15) is 142 Å². The number of hydrogen-bond donors (Lipinski definition) is 3. The van der Waals surface area contributed by atoms with Crippen molar-refractivity contribution in [2.24, 2.45) is 21.8 Å². The zero-order valence-corrected chi connectivity index (χ0v) is 44.2. The lowest BCUT2D eigenvalue weighted by atomic mass is 9.96. The lowest BCUT2D eigenvalue weighted by Gasteiger charge is -2.37. The molecule has 2 saturated carbocycles. The molecule has 2 heterocycles. The molecule has 380 valence electrons. The van der Waals surface area contributed by atoms with Gasteiger partial charge in [0.05, 0.1) is 24.9 Å². The monoisotopic (exact) mass is 1060 g/mol. The molecule has 4 aromatic rings. The number of ether oxygens (including phenoxy) is 1. The molecule has 0 spiro atoms. The highest BCUT2D eigenvalue weighted by Crippen LogP contribution is 2.50. The van der Waals surface area contributed by atoms with Crippen LogP contribution in [0.4, 0.5) is 0 Å². The van der Waals surface area contributed by atoms with Crippen molar-refractivity contribution in [3.8, 4) is 0 Å². The highest BCUT2D eigenvalue weighted by molar-refractivity contribution is 6.48. The third-order valence-electron chi connectivity index (χ3n) is 12.4. The number of benzene rings is 4. The van der Waals surface area contributed by atoms with E-state index in [-0.39, 0.29) is 67.6 Å². The van der Waals surface area contributed by atoms with Crippen LogP contribution in [-0.2, 0) is 23.9 Å². The average Bonchev–Trinajstić information content (AvgIpc) is 4.23. The van der Waals surface area contributed by atoms with Crippen LogP contribution in [0.15, 0.2) is 94.9 Å². The number of hydrogen-bond acceptors (Lipinski definition) is 9. The van der Waals surface area contributed by atoms with Crippen molar-refractivity contribution in [3.63, 3.8) is 0 Å². The average molecular weight is 1060 g/mol. The van der Waals surface area contributed by atoms with E-state index in [4.69, 9.17) is 66.2 Å². The van der Waals surface area contributed by atoms with Crippen LogP contribution >= 0.6 is 46.4 Å². The fourth-order valence-electron chi connectivity index (χ4n) is 9.08. The van der Waals surface area contributed by atoms with E-state index in [1.165, 1.54) is 0 Å². The van der Waals surface area contributed by atoms with E-state index >= 15 is 0 Å². The number of carbonyl (C=O) groups excluding carboxylic acids is 5. The molecular weight excluding hydrogens is 1000 g/mol. The summed E-state index contributed by atoms with van der Waals surface area (Å²) in [4.78, 5) is 88.0. The number of halogens is 4. The second-order valence-electron chi connectivity index (χ2n) is 20.4. The van der Waals surface area contributed by atoms with Crippen LogP contribution in [0, 0.1) is 11.8 Å².